The molecular weight excluding hydrogens is 282 g/mol. The lowest BCUT2D eigenvalue weighted by Gasteiger charge is -2.33. The van der Waals surface area contributed by atoms with Crippen molar-refractivity contribution in [3.63, 3.8) is 0 Å². The number of aryl methyl sites for hydroxylation is 2. The molecule has 1 aromatic rings. The van der Waals surface area contributed by atoms with E-state index in [1.54, 1.807) is 4.90 Å². The van der Waals surface area contributed by atoms with Gasteiger partial charge in [0.05, 0.1) is 7.11 Å². The zero-order valence-electron chi connectivity index (χ0n) is 13.4. The Kier molecular flexibility index (Phi) is 5.41. The molecule has 1 saturated heterocycles. The minimum atomic E-state index is -0.478. The second kappa shape index (κ2) is 7.29. The van der Waals surface area contributed by atoms with E-state index in [0.29, 0.717) is 18.7 Å². The van der Waals surface area contributed by atoms with Crippen LogP contribution in [-0.2, 0) is 14.3 Å². The lowest BCUT2D eigenvalue weighted by Crippen LogP contribution is -2.50. The van der Waals surface area contributed by atoms with Gasteiger partial charge < -0.3 is 14.4 Å². The number of benzene rings is 1. The van der Waals surface area contributed by atoms with Gasteiger partial charge in [-0.3, -0.25) is 4.79 Å². The van der Waals surface area contributed by atoms with E-state index in [1.807, 2.05) is 32.0 Å². The molecule has 0 radical (unpaired) electrons. The van der Waals surface area contributed by atoms with Gasteiger partial charge in [0, 0.05) is 6.54 Å². The van der Waals surface area contributed by atoms with E-state index in [4.69, 9.17) is 9.47 Å². The standard InChI is InChI=1S/C17H23NO4/c1-12-7-8-13(2)15(10-12)22-11-16(19)18-9-5-4-6-14(18)17(20)21-3/h7-8,10,14H,4-6,9,11H2,1-3H3. The van der Waals surface area contributed by atoms with Crippen molar-refractivity contribution < 1.29 is 19.1 Å². The van der Waals surface area contributed by atoms with Crippen LogP contribution in [0.15, 0.2) is 18.2 Å². The van der Waals surface area contributed by atoms with E-state index >= 15 is 0 Å². The first-order valence-corrected chi connectivity index (χ1v) is 7.60. The fourth-order valence-corrected chi connectivity index (χ4v) is 2.70. The van der Waals surface area contributed by atoms with Crippen LogP contribution in [0.2, 0.25) is 0 Å². The van der Waals surface area contributed by atoms with Crippen LogP contribution in [0.3, 0.4) is 0 Å². The molecule has 120 valence electrons. The highest BCUT2D eigenvalue weighted by Gasteiger charge is 2.32. The van der Waals surface area contributed by atoms with Gasteiger partial charge in [-0.15, -0.1) is 0 Å². The smallest absolute Gasteiger partial charge is 0.328 e. The summed E-state index contributed by atoms with van der Waals surface area (Å²) in [4.78, 5) is 25.8. The van der Waals surface area contributed by atoms with Crippen molar-refractivity contribution in [2.75, 3.05) is 20.3 Å². The highest BCUT2D eigenvalue weighted by Crippen LogP contribution is 2.21. The molecule has 22 heavy (non-hydrogen) atoms. The first-order chi connectivity index (χ1) is 10.5. The monoisotopic (exact) mass is 305 g/mol. The number of likely N-dealkylation sites (tertiary alicyclic amines) is 1. The molecule has 1 aliphatic heterocycles. The minimum absolute atomic E-state index is 0.0578. The Morgan fingerprint density at radius 2 is 2.05 bits per heavy atom. The van der Waals surface area contributed by atoms with Gasteiger partial charge in [-0.25, -0.2) is 4.79 Å². The normalized spacial score (nSPS) is 18.0. The van der Waals surface area contributed by atoms with E-state index in [0.717, 1.165) is 24.0 Å². The van der Waals surface area contributed by atoms with Crippen LogP contribution in [0.4, 0.5) is 0 Å². The zero-order valence-corrected chi connectivity index (χ0v) is 13.4. The Labute approximate surface area is 131 Å². The third kappa shape index (κ3) is 3.78. The van der Waals surface area contributed by atoms with Gasteiger partial charge in [-0.2, -0.15) is 0 Å². The fraction of sp³-hybridized carbons (Fsp3) is 0.529. The second-order valence-corrected chi connectivity index (χ2v) is 5.68. The molecule has 5 nitrogen and oxygen atoms in total. The summed E-state index contributed by atoms with van der Waals surface area (Å²) in [5.41, 5.74) is 2.07. The molecule has 1 amide bonds. The number of hydrogen-bond donors (Lipinski definition) is 0. The molecular formula is C17H23NO4. The van der Waals surface area contributed by atoms with Crippen LogP contribution in [0, 0.1) is 13.8 Å². The number of carbonyl (C=O) groups excluding carboxylic acids is 2. The lowest BCUT2D eigenvalue weighted by atomic mass is 10.0. The molecule has 0 aliphatic carbocycles. The summed E-state index contributed by atoms with van der Waals surface area (Å²) in [6.45, 7) is 4.44. The average Bonchev–Trinajstić information content (AvgIpc) is 2.54. The number of esters is 1. The molecule has 0 spiro atoms. The van der Waals surface area contributed by atoms with Crippen LogP contribution in [0.1, 0.15) is 30.4 Å². The van der Waals surface area contributed by atoms with Crippen molar-refractivity contribution in [3.05, 3.63) is 29.3 Å². The number of hydrogen-bond acceptors (Lipinski definition) is 4. The first-order valence-electron chi connectivity index (χ1n) is 7.60. The van der Waals surface area contributed by atoms with Gasteiger partial charge in [0.1, 0.15) is 11.8 Å². The van der Waals surface area contributed by atoms with Crippen LogP contribution in [-0.4, -0.2) is 43.1 Å². The molecule has 5 heteroatoms. The van der Waals surface area contributed by atoms with E-state index in [1.165, 1.54) is 7.11 Å². The number of ether oxygens (including phenoxy) is 2. The SMILES string of the molecule is COC(=O)C1CCCCN1C(=O)COc1cc(C)ccc1C. The lowest BCUT2D eigenvalue weighted by molar-refractivity contribution is -0.155. The van der Waals surface area contributed by atoms with Crippen molar-refractivity contribution in [2.24, 2.45) is 0 Å². The van der Waals surface area contributed by atoms with Gasteiger partial charge in [-0.1, -0.05) is 12.1 Å². The van der Waals surface area contributed by atoms with E-state index in [2.05, 4.69) is 0 Å². The molecule has 0 bridgehead atoms. The summed E-state index contributed by atoms with van der Waals surface area (Å²) >= 11 is 0. The summed E-state index contributed by atoms with van der Waals surface area (Å²) in [6, 6.07) is 5.40. The van der Waals surface area contributed by atoms with E-state index < -0.39 is 6.04 Å². The van der Waals surface area contributed by atoms with E-state index in [-0.39, 0.29) is 18.5 Å². The Morgan fingerprint density at radius 3 is 2.77 bits per heavy atom. The molecule has 1 unspecified atom stereocenters. The average molecular weight is 305 g/mol. The van der Waals surface area contributed by atoms with Crippen LogP contribution >= 0.6 is 0 Å². The number of rotatable bonds is 4. The van der Waals surface area contributed by atoms with Crippen molar-refractivity contribution in [1.29, 1.82) is 0 Å². The van der Waals surface area contributed by atoms with E-state index in [9.17, 15) is 9.59 Å². The number of nitrogens with zero attached hydrogens (tertiary/aromatic N) is 1. The predicted octanol–water partition coefficient (Wildman–Crippen LogP) is 2.24. The Hall–Kier alpha value is -2.04. The van der Waals surface area contributed by atoms with Gasteiger partial charge in [0.15, 0.2) is 6.61 Å². The first kappa shape index (κ1) is 16.3. The summed E-state index contributed by atoms with van der Waals surface area (Å²) in [7, 11) is 1.35. The quantitative estimate of drug-likeness (QED) is 0.801. The number of methoxy groups -OCH3 is 1. The Morgan fingerprint density at radius 1 is 1.27 bits per heavy atom. The highest BCUT2D eigenvalue weighted by molar-refractivity contribution is 5.85. The molecule has 1 aromatic carbocycles. The van der Waals surface area contributed by atoms with Gasteiger partial charge in [0.2, 0.25) is 0 Å². The topological polar surface area (TPSA) is 55.8 Å². The second-order valence-electron chi connectivity index (χ2n) is 5.68. The largest absolute Gasteiger partial charge is 0.483 e. The van der Waals surface area contributed by atoms with Crippen molar-refractivity contribution >= 4 is 11.9 Å². The fourth-order valence-electron chi connectivity index (χ4n) is 2.70. The summed E-state index contributed by atoms with van der Waals surface area (Å²) in [5, 5.41) is 0. The van der Waals surface area contributed by atoms with Crippen molar-refractivity contribution in [1.82, 2.24) is 4.90 Å². The van der Waals surface area contributed by atoms with Crippen molar-refractivity contribution in [3.8, 4) is 5.75 Å². The summed E-state index contributed by atoms with van der Waals surface area (Å²) < 4.78 is 10.4. The van der Waals surface area contributed by atoms with Crippen molar-refractivity contribution in [2.45, 2.75) is 39.2 Å². The van der Waals surface area contributed by atoms with Crippen LogP contribution in [0.5, 0.6) is 5.75 Å². The van der Waals surface area contributed by atoms with Crippen LogP contribution < -0.4 is 4.74 Å². The third-order valence-electron chi connectivity index (χ3n) is 3.99. The van der Waals surface area contributed by atoms with Crippen LogP contribution in [0.25, 0.3) is 0 Å². The maximum atomic E-state index is 12.4. The Balaban J connectivity index is 2.01. The molecule has 1 aliphatic rings. The molecule has 2 rings (SSSR count). The maximum Gasteiger partial charge on any atom is 0.328 e. The minimum Gasteiger partial charge on any atom is -0.483 e. The summed E-state index contributed by atoms with van der Waals surface area (Å²) in [5.74, 6) is 0.191. The van der Waals surface area contributed by atoms with Gasteiger partial charge in [0.25, 0.3) is 5.91 Å². The molecule has 0 saturated carbocycles. The Bertz CT molecular complexity index is 556. The number of piperidine rings is 1. The zero-order chi connectivity index (χ0) is 16.1. The predicted molar refractivity (Wildman–Crippen MR) is 82.8 cm³/mol. The third-order valence-corrected chi connectivity index (χ3v) is 3.99. The molecule has 0 aromatic heterocycles. The van der Waals surface area contributed by atoms with Gasteiger partial charge >= 0.3 is 5.97 Å². The highest BCUT2D eigenvalue weighted by atomic mass is 16.5. The molecule has 1 fully saturated rings. The maximum absolute atomic E-state index is 12.4. The molecule has 1 atom stereocenters. The number of carbonyl (C=O) groups is 2. The summed E-state index contributed by atoms with van der Waals surface area (Å²) in [6.07, 6.45) is 2.49. The molecule has 1 heterocycles. The number of amides is 1. The molecule has 0 N–H and O–H groups in total. The van der Waals surface area contributed by atoms with Gasteiger partial charge in [-0.05, 0) is 50.3 Å².